The molecule has 0 aliphatic carbocycles. The summed E-state index contributed by atoms with van der Waals surface area (Å²) in [6, 6.07) is 167. The second-order valence-electron chi connectivity index (χ2n) is 36.2. The lowest BCUT2D eigenvalue weighted by atomic mass is 10.0. The van der Waals surface area contributed by atoms with E-state index in [0.29, 0.717) is 58.5 Å². The molecule has 28 rings (SSSR count). The molecule has 28 aromatic rings. The maximum atomic E-state index is 6.22. The first-order valence-electron chi connectivity index (χ1n) is 48.4. The molecule has 0 aliphatic rings. The van der Waals surface area contributed by atoms with Crippen LogP contribution in [0.5, 0.6) is 0 Å². The molecule has 16 heteroatoms. The fourth-order valence-corrected chi connectivity index (χ4v) is 19.7. The molecule has 20 aromatic carbocycles. The number of nitrogens with zero attached hydrogens (tertiary/aromatic N) is 12. The van der Waals surface area contributed by atoms with Crippen molar-refractivity contribution in [2.75, 3.05) is 0 Å². The van der Waals surface area contributed by atoms with E-state index in [1.165, 1.54) is 43.6 Å². The molecular weight excluding hydrogens is 1790 g/mol. The highest BCUT2D eigenvalue weighted by atomic mass is 16.4. The smallest absolute Gasteiger partial charge is 0.227 e. The van der Waals surface area contributed by atoms with E-state index < -0.39 is 0 Å². The molecule has 0 amide bonds. The van der Waals surface area contributed by atoms with Crippen LogP contribution in [0.2, 0.25) is 0 Å². The summed E-state index contributed by atoms with van der Waals surface area (Å²) in [5.74, 6) is 5.86. The van der Waals surface area contributed by atoms with Crippen LogP contribution in [0.15, 0.2) is 503 Å². The van der Waals surface area contributed by atoms with Gasteiger partial charge in [0.2, 0.25) is 23.6 Å². The molecule has 0 atom stereocenters. The maximum absolute atomic E-state index is 6.22. The first-order chi connectivity index (χ1) is 72.2. The van der Waals surface area contributed by atoms with Crippen LogP contribution in [0, 0.1) is 0 Å². The molecule has 0 saturated carbocycles. The molecule has 0 radical (unpaired) electrons. The average molecular weight is 1870 g/mol. The minimum absolute atomic E-state index is 0.573. The molecule has 0 fully saturated rings. The van der Waals surface area contributed by atoms with Gasteiger partial charge in [0.05, 0.1) is 22.1 Å². The maximum Gasteiger partial charge on any atom is 0.227 e. The molecule has 16 nitrogen and oxygen atoms in total. The minimum atomic E-state index is 0.573. The van der Waals surface area contributed by atoms with E-state index in [1.807, 2.05) is 158 Å². The number of fused-ring (bicyclic) bond motifs is 10. The topological polar surface area (TPSA) is 191 Å². The number of benzene rings is 20. The third kappa shape index (κ3) is 16.2. The van der Waals surface area contributed by atoms with Crippen LogP contribution in [0.25, 0.3) is 280 Å². The van der Waals surface area contributed by atoms with Gasteiger partial charge in [-0.2, -0.15) is 0 Å². The van der Waals surface area contributed by atoms with Gasteiger partial charge in [-0.3, -0.25) is 0 Å². The Hall–Kier alpha value is -20.1. The van der Waals surface area contributed by atoms with Crippen molar-refractivity contribution in [1.82, 2.24) is 59.0 Å². The Balaban J connectivity index is 0.000000145. The molecular formula is C130H80N12O4. The molecule has 0 N–H and O–H groups in total. The highest BCUT2D eigenvalue weighted by molar-refractivity contribution is 6.11. The summed E-state index contributed by atoms with van der Waals surface area (Å²) in [5, 5.41) is 4.96. The fraction of sp³-hybridized carbons (Fsp3) is 0. The van der Waals surface area contributed by atoms with Crippen molar-refractivity contribution in [2.45, 2.75) is 0 Å². The normalized spacial score (nSPS) is 11.6. The molecule has 0 bridgehead atoms. The molecule has 8 heterocycles. The van der Waals surface area contributed by atoms with E-state index in [1.54, 1.807) is 0 Å². The Labute approximate surface area is 836 Å². The van der Waals surface area contributed by atoms with E-state index in [2.05, 4.69) is 337 Å². The summed E-state index contributed by atoms with van der Waals surface area (Å²) < 4.78 is 29.3. The third-order valence-electron chi connectivity index (χ3n) is 27.2. The van der Waals surface area contributed by atoms with Crippen LogP contribution < -0.4 is 0 Å². The van der Waals surface area contributed by atoms with Crippen LogP contribution in [0.3, 0.4) is 0 Å². The van der Waals surface area contributed by atoms with Gasteiger partial charge in [-0.25, -0.2) is 49.8 Å². The van der Waals surface area contributed by atoms with Crippen molar-refractivity contribution >= 4 is 88.0 Å². The predicted octanol–water partition coefficient (Wildman–Crippen LogP) is 33.2. The zero-order valence-electron chi connectivity index (χ0n) is 78.2. The lowest BCUT2D eigenvalue weighted by molar-refractivity contribution is 0.619. The summed E-state index contributed by atoms with van der Waals surface area (Å²) in [5.41, 5.74) is 34.8. The average Bonchev–Trinajstić information content (AvgIpc) is 1.59. The highest BCUT2D eigenvalue weighted by Crippen LogP contribution is 2.42. The van der Waals surface area contributed by atoms with Crippen LogP contribution in [0.1, 0.15) is 0 Å². The Morgan fingerprint density at radius 3 is 0.658 bits per heavy atom. The molecule has 0 saturated heterocycles. The molecule has 0 aliphatic heterocycles. The number of hydrogen-bond acceptors (Lipinski definition) is 14. The Kier molecular flexibility index (Phi) is 21.1. The largest absolute Gasteiger partial charge is 0.436 e. The summed E-state index contributed by atoms with van der Waals surface area (Å²) >= 11 is 0. The molecule has 0 spiro atoms. The van der Waals surface area contributed by atoms with Crippen LogP contribution in [-0.4, -0.2) is 59.0 Å². The standard InChI is InChI=1S/2C65H40N6O2/c1-3-12-47(13-4-1)64-66-55-39-50(34-36-59(55)72-64)42-24-30-45(31-25-42)62-68-61(69-63(70-62)46-32-26-43(27-33-46)51-35-37-60-56(40-51)67-65(73-60)48-14-5-2-6-15-48)44-28-22-41(23-29-44)49-16-11-17-52(38-49)71-57-20-9-7-18-53(57)54-19-8-10-21-58(54)71;1-3-11-48(12-4-1)64-66-55-37-33-50(39-59(55)72-64)43-21-27-46(28-22-43)62-68-61(69-63(70-62)47-29-23-44(24-30-47)51-34-38-56-60(40-51)73-65(67-56)49-13-5-2-6-14-49)45-25-19-41(20-26-45)42-31-35-52(36-32-42)71-57-17-9-7-15-53(57)54-16-8-10-18-58(54)71/h2*1-40H. The van der Waals surface area contributed by atoms with E-state index in [9.17, 15) is 0 Å². The lowest BCUT2D eigenvalue weighted by Crippen LogP contribution is -2.00. The molecule has 8 aromatic heterocycles. The quantitative estimate of drug-likeness (QED) is 0.0788. The molecule has 146 heavy (non-hydrogen) atoms. The van der Waals surface area contributed by atoms with Gasteiger partial charge in [-0.1, -0.05) is 340 Å². The molecule has 0 unspecified atom stereocenters. The minimum Gasteiger partial charge on any atom is -0.436 e. The van der Waals surface area contributed by atoms with Crippen LogP contribution in [-0.2, 0) is 0 Å². The summed E-state index contributed by atoms with van der Waals surface area (Å²) in [4.78, 5) is 49.8. The van der Waals surface area contributed by atoms with Crippen molar-refractivity contribution in [3.05, 3.63) is 485 Å². The zero-order valence-corrected chi connectivity index (χ0v) is 78.2. The molecule has 684 valence electrons. The van der Waals surface area contributed by atoms with Gasteiger partial charge < -0.3 is 26.8 Å². The van der Waals surface area contributed by atoms with Crippen molar-refractivity contribution in [1.29, 1.82) is 0 Å². The van der Waals surface area contributed by atoms with Gasteiger partial charge in [-0.15, -0.1) is 0 Å². The van der Waals surface area contributed by atoms with Crippen LogP contribution in [0.4, 0.5) is 0 Å². The fourth-order valence-electron chi connectivity index (χ4n) is 19.7. The van der Waals surface area contributed by atoms with E-state index in [0.717, 1.165) is 178 Å². The van der Waals surface area contributed by atoms with Gasteiger partial charge >= 0.3 is 0 Å². The summed E-state index contributed by atoms with van der Waals surface area (Å²) in [6.45, 7) is 0. The van der Waals surface area contributed by atoms with Crippen molar-refractivity contribution in [2.24, 2.45) is 0 Å². The monoisotopic (exact) mass is 1870 g/mol. The second-order valence-corrected chi connectivity index (χ2v) is 36.2. The summed E-state index contributed by atoms with van der Waals surface area (Å²) in [7, 11) is 0. The van der Waals surface area contributed by atoms with E-state index in [4.69, 9.17) is 67.5 Å². The number of hydrogen-bond donors (Lipinski definition) is 0. The number of oxazole rings is 4. The van der Waals surface area contributed by atoms with Gasteiger partial charge in [0.15, 0.2) is 57.3 Å². The summed E-state index contributed by atoms with van der Waals surface area (Å²) in [6.07, 6.45) is 0. The number of rotatable bonds is 18. The number of para-hydroxylation sites is 4. The second kappa shape index (κ2) is 36.3. The van der Waals surface area contributed by atoms with Crippen molar-refractivity contribution in [3.8, 4) is 192 Å². The van der Waals surface area contributed by atoms with Crippen molar-refractivity contribution < 1.29 is 17.7 Å². The predicted molar refractivity (Wildman–Crippen MR) is 586 cm³/mol. The SMILES string of the molecule is c1ccc(-c2nc3cc(-c4ccc(-c5nc(-c6ccc(-c7cccc(-n8c9ccccc9c9ccccc98)c7)cc6)nc(-c6ccc(-c7ccc8oc(-c9ccccc9)nc8c7)cc6)n5)cc4)ccc3o2)cc1.c1ccc(-c2nc3ccc(-c4ccc(-c5nc(-c6ccc(-c7ccc(-n8c9ccccc9c9ccccc98)cc7)cc6)nc(-c6ccc(-c7ccc8nc(-c9ccccc9)oc8c7)cc6)n5)cc4)cc3o2)cc1. The van der Waals surface area contributed by atoms with Crippen LogP contribution >= 0.6 is 0 Å². The van der Waals surface area contributed by atoms with Gasteiger partial charge in [0, 0.05) is 88.6 Å². The lowest BCUT2D eigenvalue weighted by Gasteiger charge is -2.12. The van der Waals surface area contributed by atoms with Crippen molar-refractivity contribution in [3.63, 3.8) is 0 Å². The van der Waals surface area contributed by atoms with Gasteiger partial charge in [-0.05, 0) is 212 Å². The zero-order chi connectivity index (χ0) is 96.5. The van der Waals surface area contributed by atoms with E-state index >= 15 is 0 Å². The first kappa shape index (κ1) is 85.1. The Morgan fingerprint density at radius 1 is 0.130 bits per heavy atom. The highest BCUT2D eigenvalue weighted by Gasteiger charge is 2.23. The van der Waals surface area contributed by atoms with Gasteiger partial charge in [0.25, 0.3) is 0 Å². The third-order valence-corrected chi connectivity index (χ3v) is 27.2. The van der Waals surface area contributed by atoms with E-state index in [-0.39, 0.29) is 0 Å². The first-order valence-corrected chi connectivity index (χ1v) is 48.4. The number of aromatic nitrogens is 12. The van der Waals surface area contributed by atoms with Gasteiger partial charge in [0.1, 0.15) is 22.1 Å². The Bertz CT molecular complexity index is 9350. The Morgan fingerprint density at radius 2 is 0.349 bits per heavy atom.